The molecule has 0 saturated heterocycles. The molecule has 3 aromatic rings. The number of nitrogens with one attached hydrogen (secondary N) is 3. The summed E-state index contributed by atoms with van der Waals surface area (Å²) < 4.78 is 31.3. The molecule has 2 aromatic carbocycles. The van der Waals surface area contributed by atoms with Crippen molar-refractivity contribution in [1.29, 1.82) is 0 Å². The average molecular weight is 386 g/mol. The summed E-state index contributed by atoms with van der Waals surface area (Å²) in [6, 6.07) is 10.7. The van der Waals surface area contributed by atoms with Crippen molar-refractivity contribution in [3.05, 3.63) is 71.9 Å². The van der Waals surface area contributed by atoms with E-state index >= 15 is 0 Å². The maximum Gasteiger partial charge on any atom is 0.279 e. The summed E-state index contributed by atoms with van der Waals surface area (Å²) >= 11 is 0. The van der Waals surface area contributed by atoms with Gasteiger partial charge in [-0.15, -0.1) is 0 Å². The number of H-pyrrole nitrogens is 1. The molecule has 0 saturated carbocycles. The highest BCUT2D eigenvalue weighted by atomic mass is 19.1. The Morgan fingerprint density at radius 2 is 1.61 bits per heavy atom. The molecule has 0 fully saturated rings. The SMILES string of the molecule is C[C@@H](Oc1ccc(F)cc1)C(=O)NNC(=O)c1cn[nH]c1-c1ccc(F)cc1. The minimum atomic E-state index is -0.938. The molecule has 144 valence electrons. The van der Waals surface area contributed by atoms with Gasteiger partial charge in [0.25, 0.3) is 11.8 Å². The van der Waals surface area contributed by atoms with Crippen molar-refractivity contribution < 1.29 is 23.1 Å². The standard InChI is InChI=1S/C19H16F2N4O3/c1-11(28-15-8-6-14(21)7-9-15)18(26)24-25-19(27)16-10-22-23-17(16)12-2-4-13(20)5-3-12/h2-11H,1H3,(H,22,23)(H,24,26)(H,25,27)/t11-/m1/s1. The molecule has 1 heterocycles. The van der Waals surface area contributed by atoms with Crippen LogP contribution in [-0.4, -0.2) is 28.1 Å². The number of rotatable bonds is 5. The summed E-state index contributed by atoms with van der Waals surface area (Å²) in [5.41, 5.74) is 5.62. The number of benzene rings is 2. The second-order valence-electron chi connectivity index (χ2n) is 5.82. The number of hydrogen-bond donors (Lipinski definition) is 3. The Morgan fingerprint density at radius 1 is 1.00 bits per heavy atom. The van der Waals surface area contributed by atoms with Gasteiger partial charge in [0.1, 0.15) is 17.4 Å². The van der Waals surface area contributed by atoms with Gasteiger partial charge in [-0.2, -0.15) is 5.10 Å². The summed E-state index contributed by atoms with van der Waals surface area (Å²) in [4.78, 5) is 24.4. The zero-order chi connectivity index (χ0) is 20.1. The third-order valence-electron chi connectivity index (χ3n) is 3.81. The molecule has 3 N–H and O–H groups in total. The molecular weight excluding hydrogens is 370 g/mol. The lowest BCUT2D eigenvalue weighted by molar-refractivity contribution is -0.128. The number of aromatic amines is 1. The number of carbonyl (C=O) groups is 2. The minimum Gasteiger partial charge on any atom is -0.481 e. The predicted molar refractivity (Wildman–Crippen MR) is 96.1 cm³/mol. The van der Waals surface area contributed by atoms with Crippen molar-refractivity contribution >= 4 is 11.8 Å². The van der Waals surface area contributed by atoms with E-state index in [1.54, 1.807) is 0 Å². The maximum absolute atomic E-state index is 13.1. The number of hydrazine groups is 1. The molecular formula is C19H16F2N4O3. The zero-order valence-electron chi connectivity index (χ0n) is 14.7. The fourth-order valence-corrected chi connectivity index (χ4v) is 2.35. The fourth-order valence-electron chi connectivity index (χ4n) is 2.35. The first-order chi connectivity index (χ1) is 13.4. The highest BCUT2D eigenvalue weighted by Gasteiger charge is 2.19. The van der Waals surface area contributed by atoms with Crippen molar-refractivity contribution in [3.63, 3.8) is 0 Å². The largest absolute Gasteiger partial charge is 0.481 e. The first-order valence-electron chi connectivity index (χ1n) is 8.26. The molecule has 3 rings (SSSR count). The molecule has 1 aromatic heterocycles. The van der Waals surface area contributed by atoms with Crippen LogP contribution in [0.5, 0.6) is 5.75 Å². The number of amides is 2. The lowest BCUT2D eigenvalue weighted by atomic mass is 10.1. The van der Waals surface area contributed by atoms with E-state index in [1.807, 2.05) is 0 Å². The molecule has 0 unspecified atom stereocenters. The molecule has 0 aliphatic carbocycles. The van der Waals surface area contributed by atoms with E-state index in [1.165, 1.54) is 61.7 Å². The number of carbonyl (C=O) groups excluding carboxylic acids is 2. The quantitative estimate of drug-likeness (QED) is 0.588. The lowest BCUT2D eigenvalue weighted by Gasteiger charge is -2.15. The van der Waals surface area contributed by atoms with Crippen LogP contribution in [-0.2, 0) is 4.79 Å². The van der Waals surface area contributed by atoms with Crippen LogP contribution in [0.4, 0.5) is 8.78 Å². The van der Waals surface area contributed by atoms with Crippen molar-refractivity contribution in [1.82, 2.24) is 21.0 Å². The van der Waals surface area contributed by atoms with Crippen LogP contribution in [0.1, 0.15) is 17.3 Å². The Bertz CT molecular complexity index is 972. The molecule has 0 aliphatic rings. The smallest absolute Gasteiger partial charge is 0.279 e. The van der Waals surface area contributed by atoms with E-state index in [0.717, 1.165) is 0 Å². The second kappa shape index (κ2) is 8.30. The van der Waals surface area contributed by atoms with E-state index in [0.29, 0.717) is 17.0 Å². The van der Waals surface area contributed by atoms with Gasteiger partial charge in [-0.3, -0.25) is 25.5 Å². The zero-order valence-corrected chi connectivity index (χ0v) is 14.7. The third kappa shape index (κ3) is 4.50. The highest BCUT2D eigenvalue weighted by molar-refractivity contribution is 6.00. The van der Waals surface area contributed by atoms with Gasteiger partial charge in [0.2, 0.25) is 0 Å². The summed E-state index contributed by atoms with van der Waals surface area (Å²) in [5, 5.41) is 6.49. The van der Waals surface area contributed by atoms with Gasteiger partial charge in [-0.1, -0.05) is 0 Å². The normalized spacial score (nSPS) is 11.5. The number of hydrogen-bond acceptors (Lipinski definition) is 4. The van der Waals surface area contributed by atoms with Gasteiger partial charge in [0.15, 0.2) is 6.10 Å². The monoisotopic (exact) mass is 386 g/mol. The van der Waals surface area contributed by atoms with Crippen LogP contribution < -0.4 is 15.6 Å². The Balaban J connectivity index is 1.59. The maximum atomic E-state index is 13.1. The van der Waals surface area contributed by atoms with E-state index < -0.39 is 29.6 Å². The Labute approximate surface area is 158 Å². The predicted octanol–water partition coefficient (Wildman–Crippen LogP) is 2.58. The average Bonchev–Trinajstić information content (AvgIpc) is 3.18. The molecule has 2 amide bonds. The van der Waals surface area contributed by atoms with E-state index in [4.69, 9.17) is 4.74 Å². The Kier molecular flexibility index (Phi) is 5.64. The topological polar surface area (TPSA) is 96.1 Å². The van der Waals surface area contributed by atoms with Gasteiger partial charge in [-0.25, -0.2) is 8.78 Å². The molecule has 9 heteroatoms. The van der Waals surface area contributed by atoms with E-state index in [2.05, 4.69) is 21.0 Å². The minimum absolute atomic E-state index is 0.166. The summed E-state index contributed by atoms with van der Waals surface area (Å²) in [5.74, 6) is -1.74. The van der Waals surface area contributed by atoms with Crippen LogP contribution in [0, 0.1) is 11.6 Å². The molecule has 0 bridgehead atoms. The lowest BCUT2D eigenvalue weighted by Crippen LogP contribution is -2.47. The van der Waals surface area contributed by atoms with Crippen molar-refractivity contribution in [2.75, 3.05) is 0 Å². The van der Waals surface area contributed by atoms with Crippen LogP contribution in [0.3, 0.4) is 0 Å². The van der Waals surface area contributed by atoms with Crippen LogP contribution >= 0.6 is 0 Å². The second-order valence-corrected chi connectivity index (χ2v) is 5.82. The number of halogens is 2. The Hall–Kier alpha value is -3.75. The van der Waals surface area contributed by atoms with Crippen LogP contribution in [0.25, 0.3) is 11.3 Å². The molecule has 7 nitrogen and oxygen atoms in total. The summed E-state index contributed by atoms with van der Waals surface area (Å²) in [7, 11) is 0. The van der Waals surface area contributed by atoms with Crippen LogP contribution in [0.2, 0.25) is 0 Å². The molecule has 0 spiro atoms. The van der Waals surface area contributed by atoms with Crippen molar-refractivity contribution in [2.24, 2.45) is 0 Å². The fraction of sp³-hybridized carbons (Fsp3) is 0.105. The first-order valence-corrected chi connectivity index (χ1v) is 8.26. The Morgan fingerprint density at radius 3 is 2.25 bits per heavy atom. The van der Waals surface area contributed by atoms with Crippen LogP contribution in [0.15, 0.2) is 54.7 Å². The molecule has 0 aliphatic heterocycles. The third-order valence-corrected chi connectivity index (χ3v) is 3.81. The molecule has 28 heavy (non-hydrogen) atoms. The number of aromatic nitrogens is 2. The van der Waals surface area contributed by atoms with Gasteiger partial charge >= 0.3 is 0 Å². The molecule has 0 radical (unpaired) electrons. The van der Waals surface area contributed by atoms with Gasteiger partial charge in [0, 0.05) is 5.56 Å². The summed E-state index contributed by atoms with van der Waals surface area (Å²) in [6.45, 7) is 1.48. The first kappa shape index (κ1) is 19.0. The highest BCUT2D eigenvalue weighted by Crippen LogP contribution is 2.21. The van der Waals surface area contributed by atoms with Gasteiger partial charge < -0.3 is 4.74 Å². The van der Waals surface area contributed by atoms with E-state index in [-0.39, 0.29) is 5.56 Å². The van der Waals surface area contributed by atoms with E-state index in [9.17, 15) is 18.4 Å². The van der Waals surface area contributed by atoms with Crippen molar-refractivity contribution in [2.45, 2.75) is 13.0 Å². The number of nitrogens with zero attached hydrogens (tertiary/aromatic N) is 1. The molecule has 1 atom stereocenters. The van der Waals surface area contributed by atoms with Crippen molar-refractivity contribution in [3.8, 4) is 17.0 Å². The number of ether oxygens (including phenoxy) is 1. The summed E-state index contributed by atoms with van der Waals surface area (Å²) in [6.07, 6.45) is 0.352. The van der Waals surface area contributed by atoms with Gasteiger partial charge in [0.05, 0.1) is 17.5 Å². The van der Waals surface area contributed by atoms with Gasteiger partial charge in [-0.05, 0) is 55.5 Å².